The van der Waals surface area contributed by atoms with Crippen molar-refractivity contribution >= 4 is 162 Å². The molecule has 8 heteroatoms. The summed E-state index contributed by atoms with van der Waals surface area (Å²) in [6, 6.07) is 91.0. The number of nitrogens with zero attached hydrogens (tertiary/aromatic N) is 3. The number of benzene rings is 12. The second kappa shape index (κ2) is 20.9. The van der Waals surface area contributed by atoms with Gasteiger partial charge in [-0.1, -0.05) is 184 Å². The largest absolute Gasteiger partial charge is 0.308 e. The smallest absolute Gasteiger partial charge is 0.0626 e. The Morgan fingerprint density at radius 2 is 0.817 bits per heavy atom. The molecule has 18 aromatic rings. The van der Waals surface area contributed by atoms with Crippen LogP contribution in [0.2, 0.25) is 10.0 Å². The van der Waals surface area contributed by atoms with E-state index >= 15 is 0 Å². The second-order valence-corrected chi connectivity index (χ2v) is 22.7. The Labute approximate surface area is 519 Å². The molecule has 0 fully saturated rings. The third-order valence-electron chi connectivity index (χ3n) is 16.6. The van der Waals surface area contributed by atoms with E-state index in [9.17, 15) is 0 Å². The van der Waals surface area contributed by atoms with Gasteiger partial charge in [-0.05, 0) is 120 Å². The minimum absolute atomic E-state index is 0. The van der Waals surface area contributed by atoms with Crippen LogP contribution in [0, 0.1) is 6.07 Å². The molecular formula is C74H46BBrCl2N3Y-. The molecule has 82 heavy (non-hydrogen) atoms. The van der Waals surface area contributed by atoms with Gasteiger partial charge in [-0.3, -0.25) is 0 Å². The fraction of sp³-hybridized carbons (Fsp3) is 0.0270. The normalized spacial score (nSPS) is 12.0. The van der Waals surface area contributed by atoms with Crippen molar-refractivity contribution in [2.24, 2.45) is 0 Å². The summed E-state index contributed by atoms with van der Waals surface area (Å²) in [4.78, 5) is 0. The van der Waals surface area contributed by atoms with Crippen molar-refractivity contribution in [3.63, 3.8) is 0 Å². The van der Waals surface area contributed by atoms with Crippen LogP contribution in [0.3, 0.4) is 0 Å². The fourth-order valence-electron chi connectivity index (χ4n) is 13.4. The van der Waals surface area contributed by atoms with Crippen LogP contribution in [0.5, 0.6) is 0 Å². The molecule has 6 heterocycles. The van der Waals surface area contributed by atoms with Gasteiger partial charge in [0, 0.05) is 115 Å². The van der Waals surface area contributed by atoms with Gasteiger partial charge >= 0.3 is 0 Å². The molecule has 0 spiro atoms. The van der Waals surface area contributed by atoms with E-state index in [0.29, 0.717) is 5.02 Å². The molecule has 12 aromatic carbocycles. The fourth-order valence-corrected chi connectivity index (χ4v) is 14.2. The molecule has 0 N–H and O–H groups in total. The summed E-state index contributed by atoms with van der Waals surface area (Å²) < 4.78 is 13.7. The van der Waals surface area contributed by atoms with Crippen molar-refractivity contribution in [1.82, 2.24) is 13.2 Å². The molecule has 0 bridgehead atoms. The Morgan fingerprint density at radius 1 is 0.415 bits per heavy atom. The van der Waals surface area contributed by atoms with Gasteiger partial charge in [-0.25, -0.2) is 0 Å². The van der Waals surface area contributed by atoms with Crippen LogP contribution in [0.25, 0.3) is 125 Å². The molecule has 0 atom stereocenters. The van der Waals surface area contributed by atoms with Crippen LogP contribution in [0.1, 0.15) is 22.3 Å². The Kier molecular flexibility index (Phi) is 13.1. The van der Waals surface area contributed by atoms with E-state index in [1.807, 2.05) is 24.3 Å². The van der Waals surface area contributed by atoms with Crippen LogP contribution in [-0.4, -0.2) is 22.9 Å². The minimum atomic E-state index is 0. The van der Waals surface area contributed by atoms with Gasteiger partial charge < -0.3 is 13.2 Å². The van der Waals surface area contributed by atoms with Gasteiger partial charge in [0.1, 0.15) is 0 Å². The van der Waals surface area contributed by atoms with Crippen LogP contribution in [0.4, 0.5) is 0 Å². The van der Waals surface area contributed by atoms with E-state index in [1.54, 1.807) is 12.1 Å². The molecule has 3 radical (unpaired) electrons. The molecular weight excluding hydrogens is 1180 g/mol. The summed E-state index contributed by atoms with van der Waals surface area (Å²) in [7, 11) is 3.75. The average molecular weight is 1230 g/mol. The molecule has 6 aromatic heterocycles. The minimum Gasteiger partial charge on any atom is -0.308 e. The molecule has 0 unspecified atom stereocenters. The predicted molar refractivity (Wildman–Crippen MR) is 351 cm³/mol. The Morgan fingerprint density at radius 3 is 1.29 bits per heavy atom. The van der Waals surface area contributed by atoms with Gasteiger partial charge in [0.05, 0.1) is 49.7 Å². The first kappa shape index (κ1) is 51.2. The summed E-state index contributed by atoms with van der Waals surface area (Å²) in [6.45, 7) is 0. The quantitative estimate of drug-likeness (QED) is 0.121. The first-order valence-corrected chi connectivity index (χ1v) is 28.6. The number of aromatic nitrogens is 3. The van der Waals surface area contributed by atoms with E-state index in [0.717, 1.165) is 22.3 Å². The molecule has 0 aliphatic heterocycles. The molecule has 385 valence electrons. The number of halogens is 3. The zero-order valence-electron chi connectivity index (χ0n) is 45.2. The molecule has 1 aliphatic carbocycles. The van der Waals surface area contributed by atoms with Gasteiger partial charge in [0.2, 0.25) is 0 Å². The van der Waals surface area contributed by atoms with Gasteiger partial charge in [0.25, 0.3) is 0 Å². The zero-order valence-corrected chi connectivity index (χ0v) is 50.2. The molecule has 0 amide bonds. The van der Waals surface area contributed by atoms with Crippen LogP contribution >= 0.6 is 39.1 Å². The number of fused-ring (bicyclic) bond motifs is 22. The van der Waals surface area contributed by atoms with Crippen molar-refractivity contribution < 1.29 is 32.7 Å². The van der Waals surface area contributed by atoms with Crippen molar-refractivity contribution in [1.29, 1.82) is 1.34 Å². The topological polar surface area (TPSA) is 13.2 Å². The van der Waals surface area contributed by atoms with Crippen molar-refractivity contribution in [3.8, 4) is 11.1 Å². The van der Waals surface area contributed by atoms with Gasteiger partial charge in [0.15, 0.2) is 0 Å². The average Bonchev–Trinajstić information content (AvgIpc) is 2.00. The molecule has 19 rings (SSSR count). The maximum atomic E-state index is 6.43. The number of para-hydroxylation sites is 6. The van der Waals surface area contributed by atoms with Crippen molar-refractivity contribution in [2.45, 2.75) is 12.8 Å². The van der Waals surface area contributed by atoms with Crippen LogP contribution in [0.15, 0.2) is 253 Å². The van der Waals surface area contributed by atoms with E-state index in [2.05, 4.69) is 256 Å². The third-order valence-corrected chi connectivity index (χ3v) is 17.6. The number of hydrogen-bond donors (Lipinski definition) is 0. The first-order chi connectivity index (χ1) is 40.5. The van der Waals surface area contributed by atoms with Crippen molar-refractivity contribution in [3.05, 3.63) is 292 Å². The van der Waals surface area contributed by atoms with Gasteiger partial charge in [-0.2, -0.15) is 30.3 Å². The molecule has 3 nitrogen and oxygen atoms in total. The van der Waals surface area contributed by atoms with Crippen LogP contribution < -0.4 is 0 Å². The SMILES string of the molecule is Brc1cc2c3ccccc3n3c4ccccc4c(c1)c23.Clc1[c-]cccc1.Clc1ccccc1Cc1cc2c3ccccc3n3c4ccccc4c(c1)c23.[1H][B].[Y].c1ccc2c(c1)Cc1cc3c4ccccc4n4c5ccccc5c(c1-2)c34. The van der Waals surface area contributed by atoms with E-state index in [-0.39, 0.29) is 32.7 Å². The number of rotatable bonds is 2. The van der Waals surface area contributed by atoms with Crippen LogP contribution in [-0.2, 0) is 45.6 Å². The first-order valence-electron chi connectivity index (χ1n) is 27.7. The van der Waals surface area contributed by atoms with Crippen molar-refractivity contribution in [2.75, 3.05) is 0 Å². The maximum Gasteiger partial charge on any atom is 0.0626 e. The molecule has 0 saturated heterocycles. The third kappa shape index (κ3) is 8.15. The Bertz CT molecular complexity index is 5280. The maximum absolute atomic E-state index is 6.43. The Balaban J connectivity index is 0.000000104. The zero-order chi connectivity index (χ0) is 55.2. The standard InChI is InChI=1S/C25H16ClN.C25H15N.C18H10BrN.C6H4Cl.BH.Y/c26-22-10-4-1-7-17(22)13-16-14-20-18-8-2-5-11-23(18)27-24-12-6-3-9-19(24)21(15-16)25(20)27;1-2-8-17-15(7-1)13-16-14-20-18-9-3-5-11-21(18)26-22-12-6-4-10-19(22)24(23(16)17)25(20)26;19-11-9-14-12-5-1-3-7-16(12)20-17-8-4-2-6-13(17)15(10-11)18(14)20;7-6-4-2-1-3-5-6;;/h1-12,14-15H,13H2;1-12,14H,13H2;1-10H;1-4H;1H;/q;;;-1;;/i;;;;1H;. The molecule has 0 saturated carbocycles. The predicted octanol–water partition coefficient (Wildman–Crippen LogP) is 20.6. The summed E-state index contributed by atoms with van der Waals surface area (Å²) in [5.41, 5.74) is 20.0. The molecule has 1 aliphatic rings. The van der Waals surface area contributed by atoms with E-state index in [1.165, 1.54) is 148 Å². The second-order valence-electron chi connectivity index (χ2n) is 21.0. The number of hydrogen-bond acceptors (Lipinski definition) is 0. The van der Waals surface area contributed by atoms with E-state index in [4.69, 9.17) is 24.5 Å². The summed E-state index contributed by atoms with van der Waals surface area (Å²) in [5, 5.41) is 17.6. The summed E-state index contributed by atoms with van der Waals surface area (Å²) in [5.74, 6) is 0. The summed E-state index contributed by atoms with van der Waals surface area (Å²) >= 11 is 15.6. The van der Waals surface area contributed by atoms with Gasteiger partial charge in [-0.15, -0.1) is 11.6 Å². The summed E-state index contributed by atoms with van der Waals surface area (Å²) in [6.07, 6.45) is 1.88. The monoisotopic (exact) mass is 1230 g/mol. The van der Waals surface area contributed by atoms with E-state index < -0.39 is 0 Å². The Hall–Kier alpha value is -7.73.